The lowest BCUT2D eigenvalue weighted by Gasteiger charge is -2.16. The summed E-state index contributed by atoms with van der Waals surface area (Å²) in [7, 11) is 1.63. The third-order valence-electron chi connectivity index (χ3n) is 5.44. The molecule has 1 aromatic heterocycles. The summed E-state index contributed by atoms with van der Waals surface area (Å²) in [4.78, 5) is 15.1. The van der Waals surface area contributed by atoms with E-state index in [0.717, 1.165) is 41.5 Å². The Hall–Kier alpha value is -3.41. The van der Waals surface area contributed by atoms with Crippen molar-refractivity contribution in [1.82, 2.24) is 15.5 Å². The van der Waals surface area contributed by atoms with Gasteiger partial charge in [-0.25, -0.2) is 0 Å². The summed E-state index contributed by atoms with van der Waals surface area (Å²) in [6.07, 6.45) is 2.41. The third-order valence-corrected chi connectivity index (χ3v) is 5.44. The highest BCUT2D eigenvalue weighted by Crippen LogP contribution is 2.23. The van der Waals surface area contributed by atoms with Crippen molar-refractivity contribution in [1.29, 1.82) is 0 Å². The van der Waals surface area contributed by atoms with Crippen LogP contribution in [0.4, 0.5) is 5.82 Å². The quantitative estimate of drug-likeness (QED) is 0.668. The first-order valence-electron chi connectivity index (χ1n) is 10.3. The molecule has 2 aromatic carbocycles. The van der Waals surface area contributed by atoms with Gasteiger partial charge < -0.3 is 15.0 Å². The van der Waals surface area contributed by atoms with E-state index < -0.39 is 0 Å². The fourth-order valence-electron chi connectivity index (χ4n) is 3.69. The number of anilines is 1. The lowest BCUT2D eigenvalue weighted by Crippen LogP contribution is -2.26. The summed E-state index contributed by atoms with van der Waals surface area (Å²) >= 11 is 0. The summed E-state index contributed by atoms with van der Waals surface area (Å²) in [6, 6.07) is 19.0. The number of benzene rings is 2. The molecule has 0 aliphatic carbocycles. The van der Waals surface area contributed by atoms with Crippen LogP contribution in [0.5, 0.6) is 5.75 Å². The molecule has 154 valence electrons. The van der Waals surface area contributed by atoms with E-state index in [1.165, 1.54) is 12.8 Å². The Morgan fingerprint density at radius 2 is 1.83 bits per heavy atom. The molecule has 1 fully saturated rings. The molecule has 0 spiro atoms. The van der Waals surface area contributed by atoms with E-state index in [0.29, 0.717) is 5.56 Å². The molecule has 2 heterocycles. The summed E-state index contributed by atoms with van der Waals surface area (Å²) < 4.78 is 5.27. The van der Waals surface area contributed by atoms with Crippen LogP contribution >= 0.6 is 0 Å². The highest BCUT2D eigenvalue weighted by Gasteiger charge is 2.15. The SMILES string of the molecule is COc1cccc(C(C)NC(=O)c2cccc(-c3ccc(N4CCCC4)nn3)c2)c1. The van der Waals surface area contributed by atoms with Crippen LogP contribution < -0.4 is 15.0 Å². The normalized spacial score (nSPS) is 14.4. The Morgan fingerprint density at radius 3 is 2.57 bits per heavy atom. The third kappa shape index (κ3) is 4.43. The summed E-state index contributed by atoms with van der Waals surface area (Å²) in [5, 5.41) is 11.8. The molecule has 0 saturated carbocycles. The average Bonchev–Trinajstić information content (AvgIpc) is 3.34. The van der Waals surface area contributed by atoms with Gasteiger partial charge in [0.1, 0.15) is 5.75 Å². The Balaban J connectivity index is 1.47. The van der Waals surface area contributed by atoms with Crippen molar-refractivity contribution in [2.75, 3.05) is 25.1 Å². The van der Waals surface area contributed by atoms with Gasteiger partial charge in [0.05, 0.1) is 18.8 Å². The molecule has 3 aromatic rings. The molecule has 6 nitrogen and oxygen atoms in total. The highest BCUT2D eigenvalue weighted by atomic mass is 16.5. The zero-order valence-electron chi connectivity index (χ0n) is 17.3. The number of carbonyl (C=O) groups is 1. The molecule has 6 heteroatoms. The maximum absolute atomic E-state index is 12.8. The van der Waals surface area contributed by atoms with E-state index in [1.54, 1.807) is 7.11 Å². The lowest BCUT2D eigenvalue weighted by atomic mass is 10.1. The zero-order valence-corrected chi connectivity index (χ0v) is 17.3. The van der Waals surface area contributed by atoms with Crippen LogP contribution in [0.25, 0.3) is 11.3 Å². The Bertz CT molecular complexity index is 1010. The minimum Gasteiger partial charge on any atom is -0.497 e. The van der Waals surface area contributed by atoms with Gasteiger partial charge >= 0.3 is 0 Å². The van der Waals surface area contributed by atoms with E-state index in [2.05, 4.69) is 20.4 Å². The number of rotatable bonds is 6. The maximum atomic E-state index is 12.8. The van der Waals surface area contributed by atoms with Crippen LogP contribution in [0.15, 0.2) is 60.7 Å². The van der Waals surface area contributed by atoms with Gasteiger partial charge in [-0.1, -0.05) is 24.3 Å². The van der Waals surface area contributed by atoms with Gasteiger partial charge in [-0.3, -0.25) is 4.79 Å². The van der Waals surface area contributed by atoms with E-state index in [9.17, 15) is 4.79 Å². The topological polar surface area (TPSA) is 67.3 Å². The molecule has 4 rings (SSSR count). The highest BCUT2D eigenvalue weighted by molar-refractivity contribution is 5.95. The molecular weight excluding hydrogens is 376 g/mol. The van der Waals surface area contributed by atoms with Gasteiger partial charge in [0.25, 0.3) is 5.91 Å². The van der Waals surface area contributed by atoms with Crippen molar-refractivity contribution in [3.8, 4) is 17.0 Å². The van der Waals surface area contributed by atoms with Gasteiger partial charge in [-0.05, 0) is 61.7 Å². The second kappa shape index (κ2) is 8.95. The number of hydrogen-bond acceptors (Lipinski definition) is 5. The van der Waals surface area contributed by atoms with Gasteiger partial charge in [-0.2, -0.15) is 0 Å². The van der Waals surface area contributed by atoms with E-state index in [1.807, 2.05) is 67.6 Å². The summed E-state index contributed by atoms with van der Waals surface area (Å²) in [5.41, 5.74) is 3.21. The summed E-state index contributed by atoms with van der Waals surface area (Å²) in [6.45, 7) is 4.03. The first kappa shape index (κ1) is 19.9. The number of nitrogens with zero attached hydrogens (tertiary/aromatic N) is 3. The molecular formula is C24H26N4O2. The van der Waals surface area contributed by atoms with E-state index in [4.69, 9.17) is 4.74 Å². The van der Waals surface area contributed by atoms with Gasteiger partial charge in [-0.15, -0.1) is 10.2 Å². The van der Waals surface area contributed by atoms with Crippen LogP contribution in [0, 0.1) is 0 Å². The van der Waals surface area contributed by atoms with Crippen LogP contribution in [0.3, 0.4) is 0 Å². The minimum absolute atomic E-state index is 0.131. The van der Waals surface area contributed by atoms with Crippen molar-refractivity contribution in [2.24, 2.45) is 0 Å². The molecule has 1 N–H and O–H groups in total. The molecule has 1 atom stereocenters. The van der Waals surface area contributed by atoms with Crippen molar-refractivity contribution in [3.63, 3.8) is 0 Å². The molecule has 1 unspecified atom stereocenters. The molecule has 30 heavy (non-hydrogen) atoms. The van der Waals surface area contributed by atoms with Crippen LogP contribution in [-0.4, -0.2) is 36.3 Å². The van der Waals surface area contributed by atoms with Crippen molar-refractivity contribution < 1.29 is 9.53 Å². The molecule has 1 aliphatic rings. The number of amides is 1. The molecule has 1 saturated heterocycles. The number of carbonyl (C=O) groups excluding carboxylic acids is 1. The van der Waals surface area contributed by atoms with Gasteiger partial charge in [0.15, 0.2) is 5.82 Å². The minimum atomic E-state index is -0.143. The smallest absolute Gasteiger partial charge is 0.251 e. The van der Waals surface area contributed by atoms with Crippen molar-refractivity contribution >= 4 is 11.7 Å². The van der Waals surface area contributed by atoms with E-state index >= 15 is 0 Å². The summed E-state index contributed by atoms with van der Waals surface area (Å²) in [5.74, 6) is 1.55. The Kier molecular flexibility index (Phi) is 5.93. The second-order valence-corrected chi connectivity index (χ2v) is 7.52. The number of methoxy groups -OCH3 is 1. The number of ether oxygens (including phenoxy) is 1. The largest absolute Gasteiger partial charge is 0.497 e. The first-order valence-corrected chi connectivity index (χ1v) is 10.3. The molecule has 1 amide bonds. The number of aromatic nitrogens is 2. The monoisotopic (exact) mass is 402 g/mol. The number of nitrogens with one attached hydrogen (secondary N) is 1. The van der Waals surface area contributed by atoms with Crippen molar-refractivity contribution in [2.45, 2.75) is 25.8 Å². The van der Waals surface area contributed by atoms with Crippen LogP contribution in [0.2, 0.25) is 0 Å². The first-order chi connectivity index (χ1) is 14.6. The maximum Gasteiger partial charge on any atom is 0.251 e. The Morgan fingerprint density at radius 1 is 1.03 bits per heavy atom. The van der Waals surface area contributed by atoms with Crippen LogP contribution in [0.1, 0.15) is 41.7 Å². The fourth-order valence-corrected chi connectivity index (χ4v) is 3.69. The van der Waals surface area contributed by atoms with Crippen molar-refractivity contribution in [3.05, 3.63) is 71.8 Å². The second-order valence-electron chi connectivity index (χ2n) is 7.52. The standard InChI is InChI=1S/C24H26N4O2/c1-17(18-7-6-10-21(16-18)30-2)25-24(29)20-9-5-8-19(15-20)22-11-12-23(27-26-22)28-13-3-4-14-28/h5-12,15-17H,3-4,13-14H2,1-2H3,(H,25,29). The molecule has 0 radical (unpaired) electrons. The lowest BCUT2D eigenvalue weighted by molar-refractivity contribution is 0.0940. The predicted molar refractivity (Wildman–Crippen MR) is 118 cm³/mol. The predicted octanol–water partition coefficient (Wildman–Crippen LogP) is 4.24. The molecule has 1 aliphatic heterocycles. The zero-order chi connectivity index (χ0) is 20.9. The Labute approximate surface area is 176 Å². The average molecular weight is 402 g/mol. The van der Waals surface area contributed by atoms with Gasteiger partial charge in [0, 0.05) is 24.2 Å². The number of hydrogen-bond donors (Lipinski definition) is 1. The van der Waals surface area contributed by atoms with E-state index in [-0.39, 0.29) is 11.9 Å². The van der Waals surface area contributed by atoms with Gasteiger partial charge in [0.2, 0.25) is 0 Å². The fraction of sp³-hybridized carbons (Fsp3) is 0.292. The molecule has 0 bridgehead atoms. The van der Waals surface area contributed by atoms with Crippen LogP contribution in [-0.2, 0) is 0 Å².